The maximum atomic E-state index is 13.6. The number of hydrogen-bond acceptors (Lipinski definition) is 5. The van der Waals surface area contributed by atoms with Crippen LogP contribution in [-0.2, 0) is 24.5 Å². The lowest BCUT2D eigenvalue weighted by Crippen LogP contribution is -2.28. The first-order valence-electron chi connectivity index (χ1n) is 13.2. The number of nitrogens with zero attached hydrogens (tertiary/aromatic N) is 2. The first-order chi connectivity index (χ1) is 20.0. The normalized spacial score (nSPS) is 15.1. The summed E-state index contributed by atoms with van der Waals surface area (Å²) in [5.74, 6) is 0.693. The third kappa shape index (κ3) is 7.45. The Hall–Kier alpha value is -3.88. The number of benzene rings is 4. The van der Waals surface area contributed by atoms with Gasteiger partial charge in [0.2, 0.25) is 0 Å². The van der Waals surface area contributed by atoms with E-state index in [1.54, 1.807) is 17.0 Å². The molecule has 1 aliphatic heterocycles. The predicted octanol–water partition coefficient (Wildman–Crippen LogP) is 8.24. The largest absolute Gasteiger partial charge is 0.490 e. The van der Waals surface area contributed by atoms with E-state index >= 15 is 0 Å². The minimum Gasteiger partial charge on any atom is -0.490 e. The molecule has 0 spiro atoms. The van der Waals surface area contributed by atoms with E-state index in [9.17, 15) is 9.18 Å². The molecular formula is C33H28BrFN2O3S. The third-order valence-electron chi connectivity index (χ3n) is 6.24. The molecule has 5 nitrogen and oxygen atoms in total. The lowest BCUT2D eigenvalue weighted by Gasteiger charge is -2.16. The summed E-state index contributed by atoms with van der Waals surface area (Å²) in [4.78, 5) is 20.8. The van der Waals surface area contributed by atoms with Crippen molar-refractivity contribution in [2.75, 3.05) is 6.61 Å². The van der Waals surface area contributed by atoms with Crippen LogP contribution in [0.4, 0.5) is 4.39 Å². The summed E-state index contributed by atoms with van der Waals surface area (Å²) in [6.45, 7) is 3.50. The fraction of sp³-hybridized carbons (Fsp3) is 0.152. The molecule has 0 unspecified atom stereocenters. The maximum absolute atomic E-state index is 13.6. The molecule has 1 amide bonds. The number of hydrogen-bond donors (Lipinski definition) is 0. The molecule has 0 aromatic heterocycles. The van der Waals surface area contributed by atoms with Crippen LogP contribution in [0.1, 0.15) is 29.2 Å². The molecular weight excluding hydrogens is 603 g/mol. The van der Waals surface area contributed by atoms with Crippen molar-refractivity contribution in [3.05, 3.63) is 135 Å². The highest BCUT2D eigenvalue weighted by Gasteiger charge is 2.33. The number of halogens is 2. The summed E-state index contributed by atoms with van der Waals surface area (Å²) in [6.07, 6.45) is 1.85. The number of amides is 1. The van der Waals surface area contributed by atoms with Crippen molar-refractivity contribution >= 4 is 44.8 Å². The number of amidine groups is 1. The number of thioether (sulfide) groups is 1. The zero-order valence-corrected chi connectivity index (χ0v) is 24.8. The zero-order chi connectivity index (χ0) is 28.6. The second kappa shape index (κ2) is 13.7. The Kier molecular flexibility index (Phi) is 9.54. The number of carbonyl (C=O) groups excluding carboxylic acids is 1. The van der Waals surface area contributed by atoms with Gasteiger partial charge in [-0.1, -0.05) is 72.8 Å². The topological polar surface area (TPSA) is 51.1 Å². The van der Waals surface area contributed by atoms with Crippen LogP contribution in [0.25, 0.3) is 6.08 Å². The Labute approximate surface area is 251 Å². The van der Waals surface area contributed by atoms with Gasteiger partial charge in [0.1, 0.15) is 12.4 Å². The summed E-state index contributed by atoms with van der Waals surface area (Å²) < 4.78 is 25.9. The van der Waals surface area contributed by atoms with Gasteiger partial charge in [-0.15, -0.1) is 0 Å². The van der Waals surface area contributed by atoms with E-state index in [0.717, 1.165) is 22.3 Å². The van der Waals surface area contributed by atoms with Gasteiger partial charge in [-0.05, 0) is 87.2 Å². The summed E-state index contributed by atoms with van der Waals surface area (Å²) in [5, 5.41) is 0.664. The molecule has 1 heterocycles. The molecule has 8 heteroatoms. The van der Waals surface area contributed by atoms with Gasteiger partial charge < -0.3 is 9.47 Å². The van der Waals surface area contributed by atoms with Crippen LogP contribution in [0.3, 0.4) is 0 Å². The van der Waals surface area contributed by atoms with E-state index in [1.165, 1.54) is 23.9 Å². The van der Waals surface area contributed by atoms with E-state index in [4.69, 9.17) is 14.5 Å². The second-order valence-corrected chi connectivity index (χ2v) is 11.1. The molecule has 0 saturated carbocycles. The van der Waals surface area contributed by atoms with Gasteiger partial charge in [0.15, 0.2) is 16.7 Å². The van der Waals surface area contributed by atoms with E-state index in [-0.39, 0.29) is 18.3 Å². The van der Waals surface area contributed by atoms with Gasteiger partial charge in [-0.2, -0.15) is 0 Å². The average Bonchev–Trinajstić information content (AvgIpc) is 3.27. The van der Waals surface area contributed by atoms with Crippen LogP contribution in [0.5, 0.6) is 11.5 Å². The van der Waals surface area contributed by atoms with Crippen LogP contribution >= 0.6 is 27.7 Å². The van der Waals surface area contributed by atoms with Crippen molar-refractivity contribution in [2.45, 2.75) is 26.6 Å². The predicted molar refractivity (Wildman–Crippen MR) is 166 cm³/mol. The van der Waals surface area contributed by atoms with Crippen molar-refractivity contribution in [1.29, 1.82) is 0 Å². The lowest BCUT2D eigenvalue weighted by atomic mass is 10.1. The van der Waals surface area contributed by atoms with Gasteiger partial charge in [-0.25, -0.2) is 4.39 Å². The molecule has 1 saturated heterocycles. The second-order valence-electron chi connectivity index (χ2n) is 9.25. The van der Waals surface area contributed by atoms with Gasteiger partial charge in [-0.3, -0.25) is 14.7 Å². The highest BCUT2D eigenvalue weighted by Crippen LogP contribution is 2.40. The Morgan fingerprint density at radius 1 is 0.902 bits per heavy atom. The molecule has 4 aromatic rings. The third-order valence-corrected chi connectivity index (χ3v) is 7.87. The molecule has 208 valence electrons. The van der Waals surface area contributed by atoms with Crippen LogP contribution in [0.15, 0.2) is 111 Å². The number of aliphatic imine (C=N–C) groups is 1. The van der Waals surface area contributed by atoms with Crippen molar-refractivity contribution in [3.63, 3.8) is 0 Å². The molecule has 0 N–H and O–H groups in total. The van der Waals surface area contributed by atoms with Crippen molar-refractivity contribution < 1.29 is 18.7 Å². The van der Waals surface area contributed by atoms with E-state index in [1.807, 2.05) is 85.8 Å². The molecule has 5 rings (SSSR count). The summed E-state index contributed by atoms with van der Waals surface area (Å²) in [5.41, 5.74) is 3.72. The number of rotatable bonds is 10. The fourth-order valence-electron chi connectivity index (χ4n) is 4.24. The van der Waals surface area contributed by atoms with Crippen LogP contribution in [0, 0.1) is 5.82 Å². The quantitative estimate of drug-likeness (QED) is 0.166. The van der Waals surface area contributed by atoms with Crippen LogP contribution in [-0.4, -0.2) is 22.6 Å². The van der Waals surface area contributed by atoms with E-state index in [0.29, 0.717) is 45.7 Å². The molecule has 1 aliphatic rings. The number of ether oxygens (including phenoxy) is 2. The van der Waals surface area contributed by atoms with Crippen LogP contribution in [0.2, 0.25) is 0 Å². The maximum Gasteiger partial charge on any atom is 0.267 e. The summed E-state index contributed by atoms with van der Waals surface area (Å²) in [7, 11) is 0. The SMILES string of the molecule is CCOc1cc(/C=C2/SC(=NCc3ccccc3)N(Cc3ccccc3)C2=O)cc(Br)c1OCc1ccc(F)cc1. The van der Waals surface area contributed by atoms with Gasteiger partial charge in [0.25, 0.3) is 5.91 Å². The molecule has 0 atom stereocenters. The first-order valence-corrected chi connectivity index (χ1v) is 14.8. The van der Waals surface area contributed by atoms with Gasteiger partial charge in [0.05, 0.1) is 29.1 Å². The minimum atomic E-state index is -0.294. The van der Waals surface area contributed by atoms with E-state index < -0.39 is 0 Å². The lowest BCUT2D eigenvalue weighted by molar-refractivity contribution is -0.122. The fourth-order valence-corrected chi connectivity index (χ4v) is 5.79. The number of carbonyl (C=O) groups is 1. The zero-order valence-electron chi connectivity index (χ0n) is 22.4. The highest BCUT2D eigenvalue weighted by molar-refractivity contribution is 9.10. The molecule has 41 heavy (non-hydrogen) atoms. The summed E-state index contributed by atoms with van der Waals surface area (Å²) >= 11 is 4.98. The first kappa shape index (κ1) is 28.6. The highest BCUT2D eigenvalue weighted by atomic mass is 79.9. The molecule has 1 fully saturated rings. The minimum absolute atomic E-state index is 0.101. The Morgan fingerprint density at radius 3 is 2.27 bits per heavy atom. The molecule has 0 aliphatic carbocycles. The van der Waals surface area contributed by atoms with Crippen molar-refractivity contribution in [1.82, 2.24) is 4.90 Å². The van der Waals surface area contributed by atoms with E-state index in [2.05, 4.69) is 15.9 Å². The monoisotopic (exact) mass is 630 g/mol. The Morgan fingerprint density at radius 2 is 1.59 bits per heavy atom. The van der Waals surface area contributed by atoms with Gasteiger partial charge in [0, 0.05) is 0 Å². The van der Waals surface area contributed by atoms with Gasteiger partial charge >= 0.3 is 0 Å². The smallest absolute Gasteiger partial charge is 0.267 e. The summed E-state index contributed by atoms with van der Waals surface area (Å²) in [6, 6.07) is 29.8. The standard InChI is InChI=1S/C33H28BrFN2O3S/c1-2-39-29-18-26(17-28(34)31(29)40-22-25-13-15-27(35)16-14-25)19-30-32(38)37(21-24-11-7-4-8-12-24)33(41-30)36-20-23-9-5-3-6-10-23/h3-19H,2,20-22H2,1H3/b30-19+,36-33?. The Bertz CT molecular complexity index is 1560. The Balaban J connectivity index is 1.42. The van der Waals surface area contributed by atoms with Crippen LogP contribution < -0.4 is 9.47 Å². The van der Waals surface area contributed by atoms with Crippen molar-refractivity contribution in [2.24, 2.45) is 4.99 Å². The molecule has 0 bridgehead atoms. The molecule has 4 aromatic carbocycles. The van der Waals surface area contributed by atoms with Crippen molar-refractivity contribution in [3.8, 4) is 11.5 Å². The molecule has 0 radical (unpaired) electrons. The average molecular weight is 632 g/mol.